The Hall–Kier alpha value is -0.570. The van der Waals surface area contributed by atoms with Crippen LogP contribution in [0.4, 0.5) is 0 Å². The van der Waals surface area contributed by atoms with E-state index < -0.39 is 0 Å². The molecule has 0 aromatic heterocycles. The van der Waals surface area contributed by atoms with Crippen molar-refractivity contribution in [3.05, 3.63) is 0 Å². The highest BCUT2D eigenvalue weighted by Gasteiger charge is 2.24. The van der Waals surface area contributed by atoms with Crippen molar-refractivity contribution in [1.82, 2.24) is 10.2 Å². The average Bonchev–Trinajstić information content (AvgIpc) is 2.25. The van der Waals surface area contributed by atoms with Gasteiger partial charge in [0, 0.05) is 19.1 Å². The SMILES string of the molecule is CCCCC(CCC)N1CCNCC1=O. The number of amides is 1. The molecule has 1 heterocycles. The number of piperazine rings is 1. The van der Waals surface area contributed by atoms with Crippen molar-refractivity contribution < 1.29 is 4.79 Å². The molecular formula is C12H24N2O. The van der Waals surface area contributed by atoms with Gasteiger partial charge in [0.25, 0.3) is 0 Å². The van der Waals surface area contributed by atoms with Crippen LogP contribution in [0.1, 0.15) is 46.0 Å². The molecule has 1 fully saturated rings. The van der Waals surface area contributed by atoms with E-state index >= 15 is 0 Å². The minimum atomic E-state index is 0.288. The number of carbonyl (C=O) groups excluding carboxylic acids is 1. The zero-order valence-corrected chi connectivity index (χ0v) is 10.1. The van der Waals surface area contributed by atoms with Crippen LogP contribution in [0, 0.1) is 0 Å². The Bertz CT molecular complexity index is 194. The summed E-state index contributed by atoms with van der Waals surface area (Å²) in [6.07, 6.45) is 5.97. The molecule has 1 rings (SSSR count). The van der Waals surface area contributed by atoms with E-state index in [4.69, 9.17) is 0 Å². The maximum Gasteiger partial charge on any atom is 0.236 e. The van der Waals surface area contributed by atoms with Crippen LogP contribution in [0.15, 0.2) is 0 Å². The van der Waals surface area contributed by atoms with Crippen molar-refractivity contribution in [1.29, 1.82) is 0 Å². The number of hydrogen-bond donors (Lipinski definition) is 1. The summed E-state index contributed by atoms with van der Waals surface area (Å²) in [4.78, 5) is 13.8. The third kappa shape index (κ3) is 3.82. The van der Waals surface area contributed by atoms with Crippen molar-refractivity contribution in [3.63, 3.8) is 0 Å². The Balaban J connectivity index is 2.47. The van der Waals surface area contributed by atoms with Gasteiger partial charge in [0.1, 0.15) is 0 Å². The Kier molecular flexibility index (Phi) is 5.69. The maximum atomic E-state index is 11.7. The molecule has 15 heavy (non-hydrogen) atoms. The normalized spacial score (nSPS) is 19.3. The number of carbonyl (C=O) groups is 1. The van der Waals surface area contributed by atoms with Crippen molar-refractivity contribution in [2.75, 3.05) is 19.6 Å². The lowest BCUT2D eigenvalue weighted by atomic mass is 10.0. The molecule has 1 N–H and O–H groups in total. The zero-order chi connectivity index (χ0) is 11.1. The van der Waals surface area contributed by atoms with E-state index in [9.17, 15) is 4.79 Å². The van der Waals surface area contributed by atoms with E-state index in [1.807, 2.05) is 0 Å². The third-order valence-corrected chi connectivity index (χ3v) is 3.08. The predicted molar refractivity (Wildman–Crippen MR) is 62.8 cm³/mol. The Morgan fingerprint density at radius 1 is 1.33 bits per heavy atom. The van der Waals surface area contributed by atoms with Gasteiger partial charge in [-0.15, -0.1) is 0 Å². The first-order valence-electron chi connectivity index (χ1n) is 6.29. The Labute approximate surface area is 93.2 Å². The molecule has 1 aliphatic rings. The summed E-state index contributed by atoms with van der Waals surface area (Å²) in [5.41, 5.74) is 0. The highest BCUT2D eigenvalue weighted by atomic mass is 16.2. The highest BCUT2D eigenvalue weighted by Crippen LogP contribution is 2.15. The zero-order valence-electron chi connectivity index (χ0n) is 10.1. The number of nitrogens with one attached hydrogen (secondary N) is 1. The summed E-state index contributed by atoms with van der Waals surface area (Å²) in [5.74, 6) is 0.288. The fraction of sp³-hybridized carbons (Fsp3) is 0.917. The van der Waals surface area contributed by atoms with Crippen LogP contribution in [0.3, 0.4) is 0 Å². The summed E-state index contributed by atoms with van der Waals surface area (Å²) < 4.78 is 0. The van der Waals surface area contributed by atoms with Gasteiger partial charge in [-0.1, -0.05) is 33.1 Å². The summed E-state index contributed by atoms with van der Waals surface area (Å²) >= 11 is 0. The van der Waals surface area contributed by atoms with Gasteiger partial charge in [-0.05, 0) is 12.8 Å². The molecule has 88 valence electrons. The molecule has 1 atom stereocenters. The molecule has 0 bridgehead atoms. The molecule has 0 aliphatic carbocycles. The first kappa shape index (κ1) is 12.5. The molecule has 1 unspecified atom stereocenters. The molecule has 3 heteroatoms. The molecule has 0 radical (unpaired) electrons. The minimum Gasteiger partial charge on any atom is -0.337 e. The minimum absolute atomic E-state index is 0.288. The van der Waals surface area contributed by atoms with Crippen LogP contribution < -0.4 is 5.32 Å². The molecule has 0 spiro atoms. The second kappa shape index (κ2) is 6.83. The van der Waals surface area contributed by atoms with Gasteiger partial charge in [-0.2, -0.15) is 0 Å². The largest absolute Gasteiger partial charge is 0.337 e. The van der Waals surface area contributed by atoms with Crippen LogP contribution in [0.5, 0.6) is 0 Å². The predicted octanol–water partition coefficient (Wildman–Crippen LogP) is 1.78. The van der Waals surface area contributed by atoms with Crippen LogP contribution in [-0.4, -0.2) is 36.5 Å². The second-order valence-corrected chi connectivity index (χ2v) is 4.35. The summed E-state index contributed by atoms with van der Waals surface area (Å²) in [6, 6.07) is 0.490. The van der Waals surface area contributed by atoms with E-state index in [0.29, 0.717) is 12.6 Å². The molecule has 1 amide bonds. The van der Waals surface area contributed by atoms with Gasteiger partial charge < -0.3 is 10.2 Å². The molecule has 0 aromatic carbocycles. The Morgan fingerprint density at radius 3 is 2.73 bits per heavy atom. The molecule has 3 nitrogen and oxygen atoms in total. The molecule has 0 aromatic rings. The van der Waals surface area contributed by atoms with Gasteiger partial charge in [0.15, 0.2) is 0 Å². The summed E-state index contributed by atoms with van der Waals surface area (Å²) in [7, 11) is 0. The van der Waals surface area contributed by atoms with Crippen molar-refractivity contribution in [2.45, 2.75) is 52.0 Å². The second-order valence-electron chi connectivity index (χ2n) is 4.35. The first-order valence-corrected chi connectivity index (χ1v) is 6.29. The fourth-order valence-electron chi connectivity index (χ4n) is 2.24. The van der Waals surface area contributed by atoms with E-state index in [1.54, 1.807) is 0 Å². The molecule has 1 aliphatic heterocycles. The van der Waals surface area contributed by atoms with E-state index in [1.165, 1.54) is 25.7 Å². The van der Waals surface area contributed by atoms with Gasteiger partial charge >= 0.3 is 0 Å². The average molecular weight is 212 g/mol. The lowest BCUT2D eigenvalue weighted by molar-refractivity contribution is -0.134. The Morgan fingerprint density at radius 2 is 2.13 bits per heavy atom. The summed E-state index contributed by atoms with van der Waals surface area (Å²) in [5, 5.41) is 3.13. The van der Waals surface area contributed by atoms with E-state index in [0.717, 1.165) is 19.5 Å². The number of hydrogen-bond acceptors (Lipinski definition) is 2. The smallest absolute Gasteiger partial charge is 0.236 e. The number of nitrogens with zero attached hydrogens (tertiary/aromatic N) is 1. The topological polar surface area (TPSA) is 32.3 Å². The van der Waals surface area contributed by atoms with Crippen LogP contribution in [0.25, 0.3) is 0 Å². The molecule has 1 saturated heterocycles. The van der Waals surface area contributed by atoms with Gasteiger partial charge in [-0.3, -0.25) is 4.79 Å². The lowest BCUT2D eigenvalue weighted by Crippen LogP contribution is -2.52. The van der Waals surface area contributed by atoms with Crippen molar-refractivity contribution in [3.8, 4) is 0 Å². The molecular weight excluding hydrogens is 188 g/mol. The quantitative estimate of drug-likeness (QED) is 0.728. The van der Waals surface area contributed by atoms with Crippen LogP contribution >= 0.6 is 0 Å². The number of rotatable bonds is 6. The monoisotopic (exact) mass is 212 g/mol. The summed E-state index contributed by atoms with van der Waals surface area (Å²) in [6.45, 7) is 6.80. The fourth-order valence-corrected chi connectivity index (χ4v) is 2.24. The van der Waals surface area contributed by atoms with E-state index in [2.05, 4.69) is 24.1 Å². The van der Waals surface area contributed by atoms with Gasteiger partial charge in [0.2, 0.25) is 5.91 Å². The molecule has 0 saturated carbocycles. The standard InChI is InChI=1S/C12H24N2O/c1-3-5-7-11(6-4-2)14-9-8-13-10-12(14)15/h11,13H,3-10H2,1-2H3. The van der Waals surface area contributed by atoms with Gasteiger partial charge in [0.05, 0.1) is 6.54 Å². The third-order valence-electron chi connectivity index (χ3n) is 3.08. The van der Waals surface area contributed by atoms with Crippen LogP contribution in [-0.2, 0) is 4.79 Å². The van der Waals surface area contributed by atoms with Crippen LogP contribution in [0.2, 0.25) is 0 Å². The first-order chi connectivity index (χ1) is 7.29. The lowest BCUT2D eigenvalue weighted by Gasteiger charge is -2.35. The highest BCUT2D eigenvalue weighted by molar-refractivity contribution is 5.79. The van der Waals surface area contributed by atoms with E-state index in [-0.39, 0.29) is 5.91 Å². The van der Waals surface area contributed by atoms with Gasteiger partial charge in [-0.25, -0.2) is 0 Å². The van der Waals surface area contributed by atoms with Crippen molar-refractivity contribution >= 4 is 5.91 Å². The number of unbranched alkanes of at least 4 members (excludes halogenated alkanes) is 1. The maximum absolute atomic E-state index is 11.7. The van der Waals surface area contributed by atoms with Crippen molar-refractivity contribution in [2.24, 2.45) is 0 Å².